The van der Waals surface area contributed by atoms with Crippen molar-refractivity contribution < 1.29 is 4.43 Å². The van der Waals surface area contributed by atoms with Crippen LogP contribution in [-0.4, -0.2) is 24.5 Å². The summed E-state index contributed by atoms with van der Waals surface area (Å²) >= 11 is 0. The summed E-state index contributed by atoms with van der Waals surface area (Å²) < 4.78 is 9.63. The fraction of sp³-hybridized carbons (Fsp3) is 0.195. The number of hydrogen-bond acceptors (Lipinski definition) is 2. The molecule has 6 aromatic rings. The molecule has 0 spiro atoms. The van der Waals surface area contributed by atoms with E-state index < -0.39 is 13.9 Å². The van der Waals surface area contributed by atoms with Gasteiger partial charge >= 0.3 is 0 Å². The van der Waals surface area contributed by atoms with Crippen LogP contribution in [0.4, 0.5) is 0 Å². The first-order valence-electron chi connectivity index (χ1n) is 15.8. The van der Waals surface area contributed by atoms with Gasteiger partial charge in [0.05, 0.1) is 12.0 Å². The van der Waals surface area contributed by atoms with Gasteiger partial charge in [-0.1, -0.05) is 172 Å². The smallest absolute Gasteiger partial charge is 0.261 e. The van der Waals surface area contributed by atoms with Crippen molar-refractivity contribution >= 4 is 18.7 Å². The molecule has 0 aliphatic rings. The van der Waals surface area contributed by atoms with Crippen LogP contribution in [0.15, 0.2) is 158 Å². The van der Waals surface area contributed by atoms with Gasteiger partial charge in [0, 0.05) is 18.7 Å². The van der Waals surface area contributed by atoms with E-state index in [2.05, 4.69) is 184 Å². The Kier molecular flexibility index (Phi) is 8.71. The summed E-state index contributed by atoms with van der Waals surface area (Å²) in [5.41, 5.74) is 5.18. The lowest BCUT2D eigenvalue weighted by molar-refractivity contribution is 0.300. The molecule has 1 aromatic heterocycles. The molecule has 3 nitrogen and oxygen atoms in total. The van der Waals surface area contributed by atoms with Gasteiger partial charge in [-0.05, 0) is 39.0 Å². The van der Waals surface area contributed by atoms with Gasteiger partial charge in [0.15, 0.2) is 0 Å². The van der Waals surface area contributed by atoms with Crippen LogP contribution in [0.2, 0.25) is 5.04 Å². The van der Waals surface area contributed by atoms with Gasteiger partial charge in [0.2, 0.25) is 0 Å². The Balaban J connectivity index is 1.43. The molecule has 0 saturated carbocycles. The van der Waals surface area contributed by atoms with Crippen LogP contribution in [-0.2, 0) is 16.4 Å². The minimum absolute atomic E-state index is 0.0762. The normalized spacial score (nSPS) is 12.3. The Bertz CT molecular complexity index is 1660. The Morgan fingerprint density at radius 3 is 1.33 bits per heavy atom. The van der Waals surface area contributed by atoms with Crippen molar-refractivity contribution in [2.75, 3.05) is 6.61 Å². The maximum Gasteiger partial charge on any atom is 0.261 e. The van der Waals surface area contributed by atoms with Crippen molar-refractivity contribution in [2.24, 2.45) is 0 Å². The molecule has 4 heteroatoms. The standard InChI is InChI=1S/C41H42N2OSi/c1-33-39(30-31-44-45(40(2,3)4,37-26-16-8-17-27-37)38-28-18-9-19-29-38)42-32-43(33)41(34-20-10-5-11-21-34,35-22-12-6-13-23-35)36-24-14-7-15-25-36/h5-29,32H,30-31H2,1-4H3. The first kappa shape index (κ1) is 30.5. The van der Waals surface area contributed by atoms with E-state index >= 15 is 0 Å². The highest BCUT2D eigenvalue weighted by Crippen LogP contribution is 2.42. The largest absolute Gasteiger partial charge is 0.407 e. The molecule has 0 fully saturated rings. The molecule has 0 aliphatic carbocycles. The molecule has 0 aliphatic heterocycles. The van der Waals surface area contributed by atoms with Crippen LogP contribution in [0.3, 0.4) is 0 Å². The highest BCUT2D eigenvalue weighted by atomic mass is 28.4. The zero-order chi connectivity index (χ0) is 31.3. The van der Waals surface area contributed by atoms with E-state index in [1.165, 1.54) is 27.1 Å². The van der Waals surface area contributed by atoms with E-state index in [0.29, 0.717) is 6.61 Å². The second-order valence-corrected chi connectivity index (χ2v) is 17.0. The molecule has 0 radical (unpaired) electrons. The Morgan fingerprint density at radius 1 is 0.578 bits per heavy atom. The number of rotatable bonds is 10. The lowest BCUT2D eigenvalue weighted by Gasteiger charge is -2.43. The van der Waals surface area contributed by atoms with Crippen LogP contribution >= 0.6 is 0 Å². The van der Waals surface area contributed by atoms with Crippen molar-refractivity contribution in [1.82, 2.24) is 9.55 Å². The highest BCUT2D eigenvalue weighted by molar-refractivity contribution is 6.99. The number of nitrogens with zero attached hydrogens (tertiary/aromatic N) is 2. The third-order valence-electron chi connectivity index (χ3n) is 9.12. The van der Waals surface area contributed by atoms with Crippen molar-refractivity contribution in [3.63, 3.8) is 0 Å². The summed E-state index contributed by atoms with van der Waals surface area (Å²) in [6.45, 7) is 9.77. The van der Waals surface area contributed by atoms with Crippen LogP contribution in [0, 0.1) is 6.92 Å². The van der Waals surface area contributed by atoms with Gasteiger partial charge in [-0.2, -0.15) is 0 Å². The predicted molar refractivity (Wildman–Crippen MR) is 189 cm³/mol. The van der Waals surface area contributed by atoms with E-state index in [1.807, 2.05) is 6.33 Å². The van der Waals surface area contributed by atoms with Gasteiger partial charge in [-0.25, -0.2) is 4.98 Å². The topological polar surface area (TPSA) is 27.1 Å². The fourth-order valence-corrected chi connectivity index (χ4v) is 11.6. The molecule has 0 saturated heterocycles. The molecular weight excluding hydrogens is 565 g/mol. The highest BCUT2D eigenvalue weighted by Gasteiger charge is 2.50. The summed E-state index contributed by atoms with van der Waals surface area (Å²) in [6, 6.07) is 54.1. The summed E-state index contributed by atoms with van der Waals surface area (Å²) in [5, 5.41) is 2.51. The van der Waals surface area contributed by atoms with Gasteiger partial charge < -0.3 is 8.99 Å². The molecule has 0 N–H and O–H groups in total. The van der Waals surface area contributed by atoms with Crippen molar-refractivity contribution in [1.29, 1.82) is 0 Å². The average Bonchev–Trinajstić information content (AvgIpc) is 3.45. The maximum atomic E-state index is 7.26. The molecule has 0 atom stereocenters. The number of benzene rings is 5. The minimum atomic E-state index is -2.64. The van der Waals surface area contributed by atoms with Gasteiger partial charge in [-0.15, -0.1) is 0 Å². The Labute approximate surface area is 269 Å². The minimum Gasteiger partial charge on any atom is -0.407 e. The van der Waals surface area contributed by atoms with Crippen LogP contribution in [0.1, 0.15) is 48.8 Å². The quantitative estimate of drug-likeness (QED) is 0.116. The summed E-state index contributed by atoms with van der Waals surface area (Å²) in [5.74, 6) is 0. The second kappa shape index (κ2) is 12.8. The van der Waals surface area contributed by atoms with Gasteiger partial charge in [0.25, 0.3) is 8.32 Å². The SMILES string of the molecule is Cc1c(CCO[Si](c2ccccc2)(c2ccccc2)C(C)(C)C)ncn1C(c1ccccc1)(c1ccccc1)c1ccccc1. The first-order chi connectivity index (χ1) is 21.9. The van der Waals surface area contributed by atoms with Crippen molar-refractivity contribution in [3.05, 3.63) is 186 Å². The molecule has 0 amide bonds. The van der Waals surface area contributed by atoms with Crippen LogP contribution in [0.5, 0.6) is 0 Å². The predicted octanol–water partition coefficient (Wildman–Crippen LogP) is 8.15. The monoisotopic (exact) mass is 606 g/mol. The first-order valence-corrected chi connectivity index (χ1v) is 17.7. The molecule has 0 bridgehead atoms. The maximum absolute atomic E-state index is 7.26. The molecule has 6 rings (SSSR count). The van der Waals surface area contributed by atoms with Crippen molar-refractivity contribution in [3.8, 4) is 0 Å². The zero-order valence-electron chi connectivity index (χ0n) is 26.7. The van der Waals surface area contributed by atoms with E-state index in [9.17, 15) is 0 Å². The zero-order valence-corrected chi connectivity index (χ0v) is 27.7. The summed E-state index contributed by atoms with van der Waals surface area (Å²) in [7, 11) is -2.64. The second-order valence-electron chi connectivity index (χ2n) is 12.7. The van der Waals surface area contributed by atoms with E-state index in [0.717, 1.165) is 17.8 Å². The molecular formula is C41H42N2OSi. The third-order valence-corrected chi connectivity index (χ3v) is 14.2. The van der Waals surface area contributed by atoms with E-state index in [-0.39, 0.29) is 5.04 Å². The van der Waals surface area contributed by atoms with E-state index in [4.69, 9.17) is 9.41 Å². The molecule has 45 heavy (non-hydrogen) atoms. The summed E-state index contributed by atoms with van der Waals surface area (Å²) in [6.07, 6.45) is 2.75. The Morgan fingerprint density at radius 2 is 0.956 bits per heavy atom. The van der Waals surface area contributed by atoms with Crippen LogP contribution in [0.25, 0.3) is 0 Å². The van der Waals surface area contributed by atoms with Gasteiger partial charge in [0.1, 0.15) is 5.54 Å². The Hall–Kier alpha value is -4.51. The molecule has 5 aromatic carbocycles. The third kappa shape index (κ3) is 5.50. The summed E-state index contributed by atoms with van der Waals surface area (Å²) in [4.78, 5) is 5.08. The molecule has 0 unspecified atom stereocenters. The lowest BCUT2D eigenvalue weighted by Crippen LogP contribution is -2.66. The van der Waals surface area contributed by atoms with Crippen molar-refractivity contribution in [2.45, 2.75) is 44.7 Å². The van der Waals surface area contributed by atoms with Gasteiger partial charge in [-0.3, -0.25) is 0 Å². The number of imidazole rings is 1. The average molecular weight is 607 g/mol. The fourth-order valence-electron chi connectivity index (χ4n) is 7.05. The number of aromatic nitrogens is 2. The molecule has 226 valence electrons. The van der Waals surface area contributed by atoms with Crippen LogP contribution < -0.4 is 10.4 Å². The van der Waals surface area contributed by atoms with E-state index in [1.54, 1.807) is 0 Å². The number of hydrogen-bond donors (Lipinski definition) is 0. The molecule has 1 heterocycles. The lowest BCUT2D eigenvalue weighted by atomic mass is 9.76.